The molecule has 1 aliphatic heterocycles. The van der Waals surface area contributed by atoms with E-state index in [1.807, 2.05) is 0 Å². The third kappa shape index (κ3) is 7.47. The molecular weight excluding hydrogens is 523 g/mol. The standard InChI is InChI=1S/C30H34F3N3O2S/c1-20(27(37)35-24-8-4-2-3-5-9-24)34-28(39)22-16-18-36(19-17-22)29(38)26-11-7-6-10-25(26)21-12-14-23(15-13-21)30(31,32)33/h6-7,10-15,22,24H,1-5,8-9,16-19H2,(H,34,39)(H,35,37). The first-order chi connectivity index (χ1) is 18.6. The molecule has 1 saturated carbocycles. The molecule has 39 heavy (non-hydrogen) atoms. The Balaban J connectivity index is 1.32. The van der Waals surface area contributed by atoms with Gasteiger partial charge in [-0.1, -0.05) is 74.8 Å². The Bertz CT molecular complexity index is 1200. The lowest BCUT2D eigenvalue weighted by atomic mass is 9.94. The lowest BCUT2D eigenvalue weighted by Gasteiger charge is -2.33. The molecule has 4 rings (SSSR count). The highest BCUT2D eigenvalue weighted by Gasteiger charge is 2.31. The molecule has 0 aromatic heterocycles. The predicted octanol–water partition coefficient (Wildman–Crippen LogP) is 6.49. The van der Waals surface area contributed by atoms with Crippen LogP contribution in [0.25, 0.3) is 11.1 Å². The summed E-state index contributed by atoms with van der Waals surface area (Å²) in [5, 5.41) is 6.08. The van der Waals surface area contributed by atoms with Crippen molar-refractivity contribution in [2.75, 3.05) is 13.1 Å². The van der Waals surface area contributed by atoms with Crippen molar-refractivity contribution in [3.8, 4) is 11.1 Å². The molecule has 2 fully saturated rings. The molecule has 0 spiro atoms. The van der Waals surface area contributed by atoms with Crippen molar-refractivity contribution in [2.24, 2.45) is 5.92 Å². The van der Waals surface area contributed by atoms with Gasteiger partial charge in [0, 0.05) is 30.6 Å². The van der Waals surface area contributed by atoms with Gasteiger partial charge in [-0.25, -0.2) is 0 Å². The maximum atomic E-state index is 13.4. The van der Waals surface area contributed by atoms with Crippen LogP contribution in [-0.4, -0.2) is 40.8 Å². The summed E-state index contributed by atoms with van der Waals surface area (Å²) < 4.78 is 38.9. The van der Waals surface area contributed by atoms with Gasteiger partial charge in [0.1, 0.15) is 0 Å². The van der Waals surface area contributed by atoms with Gasteiger partial charge in [0.15, 0.2) is 0 Å². The summed E-state index contributed by atoms with van der Waals surface area (Å²) in [7, 11) is 0. The molecule has 208 valence electrons. The van der Waals surface area contributed by atoms with E-state index in [1.165, 1.54) is 25.0 Å². The summed E-state index contributed by atoms with van der Waals surface area (Å²) in [6.45, 7) is 4.84. The average molecular weight is 558 g/mol. The Kier molecular flexibility index (Phi) is 9.43. The molecule has 5 nitrogen and oxygen atoms in total. The minimum atomic E-state index is -4.42. The van der Waals surface area contributed by atoms with Crippen molar-refractivity contribution < 1.29 is 22.8 Å². The van der Waals surface area contributed by atoms with Crippen LogP contribution in [0.2, 0.25) is 0 Å². The fraction of sp³-hybridized carbons (Fsp3) is 0.433. The third-order valence-corrected chi connectivity index (χ3v) is 8.01. The molecule has 0 bridgehead atoms. The van der Waals surface area contributed by atoms with E-state index in [0.29, 0.717) is 47.6 Å². The molecule has 1 heterocycles. The number of hydrogen-bond donors (Lipinski definition) is 2. The summed E-state index contributed by atoms with van der Waals surface area (Å²) in [6.07, 6.45) is 3.48. The molecule has 0 radical (unpaired) electrons. The number of carbonyl (C=O) groups is 2. The van der Waals surface area contributed by atoms with Crippen molar-refractivity contribution >= 4 is 29.0 Å². The Morgan fingerprint density at radius 3 is 2.13 bits per heavy atom. The van der Waals surface area contributed by atoms with E-state index >= 15 is 0 Å². The van der Waals surface area contributed by atoms with Crippen LogP contribution in [0.1, 0.15) is 67.3 Å². The van der Waals surface area contributed by atoms with Crippen molar-refractivity contribution in [2.45, 2.75) is 63.6 Å². The van der Waals surface area contributed by atoms with Gasteiger partial charge < -0.3 is 15.5 Å². The van der Waals surface area contributed by atoms with Crippen LogP contribution in [0.4, 0.5) is 13.2 Å². The van der Waals surface area contributed by atoms with Crippen molar-refractivity contribution in [3.05, 3.63) is 71.9 Å². The SMILES string of the molecule is C=C(NC(=S)C1CCN(C(=O)c2ccccc2-c2ccc(C(F)(F)F)cc2)CC1)C(=O)NC1CCCCCC1. The Labute approximate surface area is 232 Å². The van der Waals surface area contributed by atoms with Crippen LogP contribution in [-0.2, 0) is 11.0 Å². The van der Waals surface area contributed by atoms with Gasteiger partial charge in [-0.05, 0) is 55.0 Å². The van der Waals surface area contributed by atoms with Crippen LogP contribution in [0.15, 0.2) is 60.8 Å². The molecular formula is C30H34F3N3O2S. The monoisotopic (exact) mass is 557 g/mol. The molecule has 0 atom stereocenters. The highest BCUT2D eigenvalue weighted by atomic mass is 32.1. The predicted molar refractivity (Wildman–Crippen MR) is 150 cm³/mol. The van der Waals surface area contributed by atoms with Crippen molar-refractivity contribution in [1.82, 2.24) is 15.5 Å². The van der Waals surface area contributed by atoms with Crippen LogP contribution < -0.4 is 10.6 Å². The van der Waals surface area contributed by atoms with Gasteiger partial charge >= 0.3 is 6.18 Å². The molecule has 2 aromatic rings. The first-order valence-electron chi connectivity index (χ1n) is 13.5. The molecule has 1 aliphatic carbocycles. The number of likely N-dealkylation sites (tertiary alicyclic amines) is 1. The number of thiocarbonyl (C=S) groups is 1. The van der Waals surface area contributed by atoms with Crippen LogP contribution in [0.5, 0.6) is 0 Å². The third-order valence-electron chi connectivity index (χ3n) is 7.57. The molecule has 2 amide bonds. The van der Waals surface area contributed by atoms with Gasteiger partial charge in [0.05, 0.1) is 16.2 Å². The zero-order valence-corrected chi connectivity index (χ0v) is 22.7. The number of rotatable bonds is 6. The second kappa shape index (κ2) is 12.8. The smallest absolute Gasteiger partial charge is 0.348 e. The zero-order valence-electron chi connectivity index (χ0n) is 21.9. The summed E-state index contributed by atoms with van der Waals surface area (Å²) in [5.74, 6) is -0.386. The number of benzene rings is 2. The second-order valence-electron chi connectivity index (χ2n) is 10.3. The van der Waals surface area contributed by atoms with Crippen LogP contribution in [0.3, 0.4) is 0 Å². The quantitative estimate of drug-likeness (QED) is 0.242. The van der Waals surface area contributed by atoms with E-state index in [-0.39, 0.29) is 29.5 Å². The molecule has 2 aromatic carbocycles. The number of alkyl halides is 3. The Morgan fingerprint density at radius 1 is 0.897 bits per heavy atom. The molecule has 0 unspecified atom stereocenters. The van der Waals surface area contributed by atoms with Crippen molar-refractivity contribution in [3.63, 3.8) is 0 Å². The van der Waals surface area contributed by atoms with E-state index in [4.69, 9.17) is 12.2 Å². The summed E-state index contributed by atoms with van der Waals surface area (Å²) in [6, 6.07) is 12.0. The summed E-state index contributed by atoms with van der Waals surface area (Å²) >= 11 is 5.58. The lowest BCUT2D eigenvalue weighted by molar-refractivity contribution is -0.137. The van der Waals surface area contributed by atoms with Gasteiger partial charge in [-0.2, -0.15) is 13.2 Å². The second-order valence-corrected chi connectivity index (χ2v) is 10.8. The fourth-order valence-corrected chi connectivity index (χ4v) is 5.64. The van der Waals surface area contributed by atoms with E-state index in [0.717, 1.165) is 37.8 Å². The maximum Gasteiger partial charge on any atom is 0.416 e. The van der Waals surface area contributed by atoms with Gasteiger partial charge in [-0.15, -0.1) is 0 Å². The highest BCUT2D eigenvalue weighted by Crippen LogP contribution is 2.32. The Morgan fingerprint density at radius 2 is 1.51 bits per heavy atom. The molecule has 2 N–H and O–H groups in total. The maximum absolute atomic E-state index is 13.4. The fourth-order valence-electron chi connectivity index (χ4n) is 5.28. The normalized spacial score (nSPS) is 17.3. The van der Waals surface area contributed by atoms with E-state index in [1.54, 1.807) is 29.2 Å². The summed E-state index contributed by atoms with van der Waals surface area (Å²) in [4.78, 5) is 28.3. The minimum absolute atomic E-state index is 0.0108. The Hall–Kier alpha value is -3.20. The van der Waals surface area contributed by atoms with Gasteiger partial charge in [0.2, 0.25) is 0 Å². The number of amides is 2. The molecule has 9 heteroatoms. The highest BCUT2D eigenvalue weighted by molar-refractivity contribution is 7.80. The van der Waals surface area contributed by atoms with E-state index in [2.05, 4.69) is 17.2 Å². The lowest BCUT2D eigenvalue weighted by Crippen LogP contribution is -2.44. The number of hydrogen-bond acceptors (Lipinski definition) is 3. The van der Waals surface area contributed by atoms with Crippen molar-refractivity contribution in [1.29, 1.82) is 0 Å². The first kappa shape index (κ1) is 28.8. The minimum Gasteiger partial charge on any atom is -0.348 e. The number of carbonyl (C=O) groups excluding carboxylic acids is 2. The molecule has 2 aliphatic rings. The topological polar surface area (TPSA) is 61.4 Å². The summed E-state index contributed by atoms with van der Waals surface area (Å²) in [5.41, 5.74) is 1.10. The van der Waals surface area contributed by atoms with Gasteiger partial charge in [-0.3, -0.25) is 9.59 Å². The molecule has 1 saturated heterocycles. The number of nitrogens with one attached hydrogen (secondary N) is 2. The first-order valence-corrected chi connectivity index (χ1v) is 13.9. The average Bonchev–Trinajstić information content (AvgIpc) is 3.21. The van der Waals surface area contributed by atoms with Crippen LogP contribution >= 0.6 is 12.2 Å². The van der Waals surface area contributed by atoms with Gasteiger partial charge in [0.25, 0.3) is 11.8 Å². The number of halogens is 3. The number of piperidine rings is 1. The van der Waals surface area contributed by atoms with E-state index < -0.39 is 11.7 Å². The number of nitrogens with zero attached hydrogens (tertiary/aromatic N) is 1. The zero-order chi connectivity index (χ0) is 28.0. The largest absolute Gasteiger partial charge is 0.416 e. The van der Waals surface area contributed by atoms with Crippen LogP contribution in [0, 0.1) is 5.92 Å². The van der Waals surface area contributed by atoms with E-state index in [9.17, 15) is 22.8 Å².